The predicted octanol–water partition coefficient (Wildman–Crippen LogP) is 7.30. The molecule has 0 saturated carbocycles. The second kappa shape index (κ2) is 12.9. The number of hydrogen-bond donors (Lipinski definition) is 2. The average molecular weight is 604 g/mol. The van der Waals surface area contributed by atoms with E-state index in [0.29, 0.717) is 28.8 Å². The van der Waals surface area contributed by atoms with Gasteiger partial charge in [0.05, 0.1) is 23.3 Å². The number of hydrogen-bond acceptors (Lipinski definition) is 6. The summed E-state index contributed by atoms with van der Waals surface area (Å²) in [4.78, 5) is 35.5. The number of carboxylic acid groups (broad SMARTS) is 1. The number of methoxy groups -OCH3 is 1. The summed E-state index contributed by atoms with van der Waals surface area (Å²) in [5, 5.41) is 10.9. The number of aromatic carboxylic acids is 1. The molecule has 0 radical (unpaired) electrons. The number of aromatic amines is 1. The number of carbonyl (C=O) groups excluding carboxylic acids is 1. The molecule has 8 nitrogen and oxygen atoms in total. The number of carboxylic acids is 1. The first-order chi connectivity index (χ1) is 21.5. The number of nitrogens with one attached hydrogen (secondary N) is 1. The molecular weight excluding hydrogens is 574 g/mol. The zero-order valence-electron chi connectivity index (χ0n) is 23.9. The minimum atomic E-state index is -0.974. The predicted molar refractivity (Wildman–Crippen MR) is 174 cm³/mol. The first kappa shape index (κ1) is 28.8. The molecule has 0 atom stereocenters. The number of para-hydroxylation sites is 2. The van der Waals surface area contributed by atoms with Crippen LogP contribution in [0.5, 0.6) is 11.5 Å². The van der Waals surface area contributed by atoms with Crippen molar-refractivity contribution in [3.05, 3.63) is 130 Å². The van der Waals surface area contributed by atoms with Gasteiger partial charge in [-0.2, -0.15) is 0 Å². The van der Waals surface area contributed by atoms with E-state index in [1.54, 1.807) is 36.3 Å². The zero-order valence-corrected chi connectivity index (χ0v) is 24.7. The van der Waals surface area contributed by atoms with Crippen LogP contribution in [0.1, 0.15) is 27.0 Å². The number of ether oxygens (including phenoxy) is 2. The smallest absolute Gasteiger partial charge is 0.335 e. The Labute approximate surface area is 258 Å². The summed E-state index contributed by atoms with van der Waals surface area (Å²) < 4.78 is 11.4. The van der Waals surface area contributed by atoms with Gasteiger partial charge in [0.2, 0.25) is 0 Å². The third-order valence-electron chi connectivity index (χ3n) is 7.27. The normalized spacial score (nSPS) is 14.9. The highest BCUT2D eigenvalue weighted by molar-refractivity contribution is 8.18. The van der Waals surface area contributed by atoms with Crippen LogP contribution < -0.4 is 9.47 Å². The van der Waals surface area contributed by atoms with Crippen LogP contribution in [0.25, 0.3) is 17.0 Å². The Morgan fingerprint density at radius 1 is 0.977 bits per heavy atom. The van der Waals surface area contributed by atoms with E-state index in [4.69, 9.17) is 19.6 Å². The Kier molecular flexibility index (Phi) is 8.47. The van der Waals surface area contributed by atoms with E-state index in [-0.39, 0.29) is 18.1 Å². The monoisotopic (exact) mass is 603 g/mol. The molecular formula is C35H29N3O5S. The molecule has 1 amide bonds. The van der Waals surface area contributed by atoms with Crippen molar-refractivity contribution < 1.29 is 24.2 Å². The quantitative estimate of drug-likeness (QED) is 0.162. The molecule has 6 rings (SSSR count). The fourth-order valence-corrected chi connectivity index (χ4v) is 5.92. The molecule has 4 aromatic carbocycles. The van der Waals surface area contributed by atoms with Crippen molar-refractivity contribution in [1.29, 1.82) is 0 Å². The Morgan fingerprint density at radius 3 is 2.50 bits per heavy atom. The Balaban J connectivity index is 1.26. The number of H-pyrrole nitrogens is 1. The molecule has 1 aliphatic rings. The van der Waals surface area contributed by atoms with Gasteiger partial charge in [0.25, 0.3) is 5.91 Å². The number of amides is 1. The van der Waals surface area contributed by atoms with E-state index >= 15 is 0 Å². The van der Waals surface area contributed by atoms with Crippen LogP contribution in [0, 0.1) is 0 Å². The number of carbonyl (C=O) groups is 2. The van der Waals surface area contributed by atoms with Crippen molar-refractivity contribution >= 4 is 51.5 Å². The molecule has 1 aromatic heterocycles. The highest BCUT2D eigenvalue weighted by Crippen LogP contribution is 2.36. The maximum absolute atomic E-state index is 13.9. The summed E-state index contributed by atoms with van der Waals surface area (Å²) in [6.07, 6.45) is 4.49. The molecule has 220 valence electrons. The lowest BCUT2D eigenvalue weighted by molar-refractivity contribution is -0.122. The summed E-state index contributed by atoms with van der Waals surface area (Å²) in [7, 11) is 1.62. The van der Waals surface area contributed by atoms with Gasteiger partial charge in [0.15, 0.2) is 5.17 Å². The fraction of sp³-hybridized carbons (Fsp3) is 0.114. The minimum Gasteiger partial charge on any atom is -0.497 e. The summed E-state index contributed by atoms with van der Waals surface area (Å²) >= 11 is 1.33. The van der Waals surface area contributed by atoms with Crippen LogP contribution in [-0.2, 0) is 17.8 Å². The summed E-state index contributed by atoms with van der Waals surface area (Å²) in [6, 6.07) is 29.6. The van der Waals surface area contributed by atoms with Crippen molar-refractivity contribution in [1.82, 2.24) is 9.88 Å². The van der Waals surface area contributed by atoms with Crippen LogP contribution in [0.2, 0.25) is 0 Å². The number of fused-ring (bicyclic) bond motifs is 1. The van der Waals surface area contributed by atoms with Gasteiger partial charge in [-0.15, -0.1) is 0 Å². The lowest BCUT2D eigenvalue weighted by Gasteiger charge is -2.15. The van der Waals surface area contributed by atoms with Crippen molar-refractivity contribution in [3.63, 3.8) is 0 Å². The molecule has 1 saturated heterocycles. The van der Waals surface area contributed by atoms with Crippen LogP contribution in [0.3, 0.4) is 0 Å². The highest BCUT2D eigenvalue weighted by Gasteiger charge is 2.33. The molecule has 0 unspecified atom stereocenters. The summed E-state index contributed by atoms with van der Waals surface area (Å²) in [6.45, 7) is 0.715. The largest absolute Gasteiger partial charge is 0.497 e. The van der Waals surface area contributed by atoms with Gasteiger partial charge in [0.1, 0.15) is 18.1 Å². The van der Waals surface area contributed by atoms with E-state index in [0.717, 1.165) is 39.0 Å². The van der Waals surface area contributed by atoms with Crippen molar-refractivity contribution in [2.24, 2.45) is 4.99 Å². The van der Waals surface area contributed by atoms with E-state index in [1.807, 2.05) is 79.0 Å². The van der Waals surface area contributed by atoms with E-state index in [2.05, 4.69) is 11.1 Å². The van der Waals surface area contributed by atoms with Gasteiger partial charge in [-0.3, -0.25) is 9.69 Å². The summed E-state index contributed by atoms with van der Waals surface area (Å²) in [5.41, 5.74) is 4.73. The maximum Gasteiger partial charge on any atom is 0.335 e. The number of amidine groups is 1. The second-order valence-electron chi connectivity index (χ2n) is 10.1. The molecule has 0 aliphatic carbocycles. The molecule has 9 heteroatoms. The standard InChI is InChI=1S/C35H29N3O5S/c1-42-28-16-14-27(15-17-28)37-35-38(19-18-26-21-36-30-8-4-3-7-29(26)30)33(39)32(44-35)20-25-6-2-5-9-31(25)43-22-23-10-12-24(13-11-23)34(40)41/h2-17,20-21,36H,18-19,22H2,1H3,(H,40,41)/b32-20-,37-35?. The van der Waals surface area contributed by atoms with Crippen LogP contribution >= 0.6 is 11.8 Å². The van der Waals surface area contributed by atoms with Crippen molar-refractivity contribution in [2.45, 2.75) is 13.0 Å². The number of aliphatic imine (C=N–C) groups is 1. The molecule has 1 fully saturated rings. The van der Waals surface area contributed by atoms with Crippen molar-refractivity contribution in [3.8, 4) is 11.5 Å². The highest BCUT2D eigenvalue weighted by atomic mass is 32.2. The van der Waals surface area contributed by atoms with Crippen LogP contribution in [-0.4, -0.2) is 45.7 Å². The van der Waals surface area contributed by atoms with E-state index in [9.17, 15) is 9.59 Å². The van der Waals surface area contributed by atoms with Gasteiger partial charge in [0, 0.05) is 29.2 Å². The molecule has 5 aromatic rings. The van der Waals surface area contributed by atoms with Gasteiger partial charge in [-0.1, -0.05) is 48.5 Å². The van der Waals surface area contributed by atoms with E-state index in [1.165, 1.54) is 11.8 Å². The molecule has 0 bridgehead atoms. The first-order valence-electron chi connectivity index (χ1n) is 14.0. The molecule has 1 aliphatic heterocycles. The summed E-state index contributed by atoms with van der Waals surface area (Å²) in [5.74, 6) is 0.247. The molecule has 44 heavy (non-hydrogen) atoms. The number of rotatable bonds is 10. The first-order valence-corrected chi connectivity index (χ1v) is 14.8. The minimum absolute atomic E-state index is 0.124. The maximum atomic E-state index is 13.9. The third kappa shape index (κ3) is 6.38. The van der Waals surface area contributed by atoms with Gasteiger partial charge in [-0.25, -0.2) is 9.79 Å². The molecule has 2 N–H and O–H groups in total. The third-order valence-corrected chi connectivity index (χ3v) is 8.27. The topological polar surface area (TPSA) is 104 Å². The van der Waals surface area contributed by atoms with Crippen LogP contribution in [0.4, 0.5) is 5.69 Å². The number of aromatic nitrogens is 1. The van der Waals surface area contributed by atoms with E-state index < -0.39 is 5.97 Å². The van der Waals surface area contributed by atoms with Gasteiger partial charge < -0.3 is 19.6 Å². The SMILES string of the molecule is COc1ccc(N=C2S/C(=C\c3ccccc3OCc3ccc(C(=O)O)cc3)C(=O)N2CCc2c[nH]c3ccccc23)cc1. The van der Waals surface area contributed by atoms with Gasteiger partial charge in [-0.05, 0) is 83.9 Å². The van der Waals surface area contributed by atoms with Crippen molar-refractivity contribution in [2.75, 3.05) is 13.7 Å². The number of nitrogens with zero attached hydrogens (tertiary/aromatic N) is 2. The molecule has 2 heterocycles. The molecule has 0 spiro atoms. The number of thioether (sulfide) groups is 1. The second-order valence-corrected chi connectivity index (χ2v) is 11.1. The Bertz CT molecular complexity index is 1880. The van der Waals surface area contributed by atoms with Crippen LogP contribution in [0.15, 0.2) is 113 Å². The Morgan fingerprint density at radius 2 is 1.73 bits per heavy atom. The average Bonchev–Trinajstić information content (AvgIpc) is 3.59. The van der Waals surface area contributed by atoms with Gasteiger partial charge >= 0.3 is 5.97 Å². The lowest BCUT2D eigenvalue weighted by atomic mass is 10.1. The zero-order chi connectivity index (χ0) is 30.5. The lowest BCUT2D eigenvalue weighted by Crippen LogP contribution is -2.31. The number of benzene rings is 4. The fourth-order valence-electron chi connectivity index (χ4n) is 4.90. The Hall–Kier alpha value is -5.28.